The molecule has 6 rings (SSSR count). The van der Waals surface area contributed by atoms with Crippen LogP contribution in [0, 0.1) is 0 Å². The van der Waals surface area contributed by atoms with Crippen LogP contribution in [0.2, 0.25) is 5.02 Å². The quantitative estimate of drug-likeness (QED) is 0.123. The van der Waals surface area contributed by atoms with E-state index in [1.54, 1.807) is 56.5 Å². The predicted molar refractivity (Wildman–Crippen MR) is 240 cm³/mol. The number of nitrogens with two attached hydrogens (primary N) is 2. The summed E-state index contributed by atoms with van der Waals surface area (Å²) >= 11 is 11.7. The van der Waals surface area contributed by atoms with Gasteiger partial charge >= 0.3 is 0 Å². The second kappa shape index (κ2) is 20.7. The van der Waals surface area contributed by atoms with Gasteiger partial charge < -0.3 is 20.9 Å². The zero-order valence-electron chi connectivity index (χ0n) is 34.1. The molecule has 0 bridgehead atoms. The van der Waals surface area contributed by atoms with Crippen molar-refractivity contribution in [3.8, 4) is 34.3 Å². The Morgan fingerprint density at radius 1 is 0.793 bits per heavy atom. The third-order valence-corrected chi connectivity index (χ3v) is 11.9. The fraction of sp³-hybridized carbons (Fsp3) is 0.267. The first kappa shape index (κ1) is 45.9. The van der Waals surface area contributed by atoms with E-state index in [0.717, 1.165) is 33.1 Å². The second-order valence-corrected chi connectivity index (χ2v) is 19.3. The van der Waals surface area contributed by atoms with E-state index >= 15 is 0 Å². The minimum absolute atomic E-state index is 0.238. The summed E-state index contributed by atoms with van der Waals surface area (Å²) in [5, 5.41) is 0.436. The lowest BCUT2D eigenvalue weighted by atomic mass is 10.0. The number of pyridine rings is 1. The lowest BCUT2D eigenvalue weighted by Gasteiger charge is -2.12. The molecule has 13 heteroatoms. The Balaban J connectivity index is 0.000000238. The number of fused-ring (bicyclic) bond motifs is 1. The Hall–Kier alpha value is -4.81. The average Bonchev–Trinajstić information content (AvgIpc) is 3.59. The number of halogens is 2. The van der Waals surface area contributed by atoms with Crippen molar-refractivity contribution < 1.29 is 22.1 Å². The van der Waals surface area contributed by atoms with E-state index in [-0.39, 0.29) is 10.8 Å². The maximum absolute atomic E-state index is 12.3. The number of aromatic nitrogens is 2. The van der Waals surface area contributed by atoms with Crippen molar-refractivity contribution in [1.29, 1.82) is 0 Å². The highest BCUT2D eigenvalue weighted by molar-refractivity contribution is 7.92. The Morgan fingerprint density at radius 3 is 1.93 bits per heavy atom. The van der Waals surface area contributed by atoms with Crippen molar-refractivity contribution >= 4 is 55.2 Å². The molecule has 0 aliphatic heterocycles. The van der Waals surface area contributed by atoms with Crippen molar-refractivity contribution in [3.63, 3.8) is 0 Å². The third-order valence-electron chi connectivity index (χ3n) is 8.52. The zero-order chi connectivity index (χ0) is 42.7. The zero-order valence-corrected chi connectivity index (χ0v) is 37.2. The molecule has 9 nitrogen and oxygen atoms in total. The monoisotopic (exact) mass is 862 g/mol. The van der Waals surface area contributed by atoms with E-state index in [1.165, 1.54) is 6.07 Å². The number of sulfone groups is 1. The molecular formula is C45H52Cl2N4O5S2. The maximum atomic E-state index is 12.3. The van der Waals surface area contributed by atoms with Gasteiger partial charge in [-0.25, -0.2) is 13.4 Å². The largest absolute Gasteiger partial charge is 0.457 e. The Bertz CT molecular complexity index is 2500. The Morgan fingerprint density at radius 2 is 1.34 bits per heavy atom. The number of allylic oxidation sites excluding steroid dienone is 1. The summed E-state index contributed by atoms with van der Waals surface area (Å²) < 4.78 is 50.2. The molecule has 4 aromatic carbocycles. The van der Waals surface area contributed by atoms with E-state index in [2.05, 4.69) is 13.8 Å². The second-order valence-electron chi connectivity index (χ2n) is 14.1. The van der Waals surface area contributed by atoms with E-state index in [0.29, 0.717) is 51.2 Å². The summed E-state index contributed by atoms with van der Waals surface area (Å²) in [6, 6.07) is 32.7. The van der Waals surface area contributed by atoms with Crippen LogP contribution in [0.5, 0.6) is 23.0 Å². The molecule has 0 aliphatic rings. The van der Waals surface area contributed by atoms with Gasteiger partial charge in [0.15, 0.2) is 15.5 Å². The van der Waals surface area contributed by atoms with Crippen molar-refractivity contribution in [2.75, 3.05) is 6.26 Å². The molecule has 2 heterocycles. The molecule has 1 atom stereocenters. The normalized spacial score (nSPS) is 12.4. The van der Waals surface area contributed by atoms with E-state index < -0.39 is 25.9 Å². The van der Waals surface area contributed by atoms with Crippen LogP contribution in [0.25, 0.3) is 22.6 Å². The number of ether oxygens (including phenoxy) is 2. The van der Waals surface area contributed by atoms with E-state index in [4.69, 9.17) is 49.1 Å². The fourth-order valence-electron chi connectivity index (χ4n) is 5.53. The van der Waals surface area contributed by atoms with Gasteiger partial charge in [-0.15, -0.1) is 11.6 Å². The summed E-state index contributed by atoms with van der Waals surface area (Å²) in [6.45, 7) is 13.3. The van der Waals surface area contributed by atoms with Gasteiger partial charge in [0, 0.05) is 50.3 Å². The molecule has 0 radical (unpaired) electrons. The van der Waals surface area contributed by atoms with Gasteiger partial charge in [0.1, 0.15) is 23.0 Å². The van der Waals surface area contributed by atoms with Crippen molar-refractivity contribution in [3.05, 3.63) is 137 Å². The molecule has 308 valence electrons. The first-order valence-corrected chi connectivity index (χ1v) is 22.7. The standard InChI is InChI=1S/C23H21ClN2O2S.C19H24N2O3S.C3H7Cl/c1-15(2)21-22(26-12-6-11-20(24)23(26)25-21)16-7-4-8-17(13-16)28-18-9-5-10-19(14-18)29(3)27;1-4-18(20)19(21)14-7-5-8-15(11-14)24-16-9-6-10-17(12-16)25(22,23)13(2)3;1-3(2)4/h4-15H,1-3H3;5-13H,4,20-21H2,1-3H3;3H,1-2H3/b;19-18-;. The highest BCUT2D eigenvalue weighted by atomic mass is 35.5. The lowest BCUT2D eigenvalue weighted by Crippen LogP contribution is -2.13. The molecule has 1 unspecified atom stereocenters. The van der Waals surface area contributed by atoms with Crippen LogP contribution < -0.4 is 20.9 Å². The van der Waals surface area contributed by atoms with Gasteiger partial charge in [-0.2, -0.15) is 0 Å². The van der Waals surface area contributed by atoms with Crippen LogP contribution in [0.15, 0.2) is 131 Å². The van der Waals surface area contributed by atoms with Crippen LogP contribution in [-0.4, -0.2) is 38.9 Å². The van der Waals surface area contributed by atoms with Gasteiger partial charge in [-0.05, 0) is 113 Å². The highest BCUT2D eigenvalue weighted by Crippen LogP contribution is 2.35. The van der Waals surface area contributed by atoms with Crippen molar-refractivity contribution in [2.24, 2.45) is 11.5 Å². The van der Waals surface area contributed by atoms with Crippen LogP contribution in [0.3, 0.4) is 0 Å². The first-order valence-electron chi connectivity index (χ1n) is 18.8. The first-order chi connectivity index (χ1) is 27.4. The topological polar surface area (TPSA) is 139 Å². The number of imidazole rings is 1. The summed E-state index contributed by atoms with van der Waals surface area (Å²) in [4.78, 5) is 5.76. The molecule has 0 amide bonds. The molecule has 4 N–H and O–H groups in total. The summed E-state index contributed by atoms with van der Waals surface area (Å²) in [7, 11) is -4.41. The van der Waals surface area contributed by atoms with Crippen LogP contribution in [-0.2, 0) is 20.6 Å². The van der Waals surface area contributed by atoms with Crippen LogP contribution in [0.4, 0.5) is 0 Å². The van der Waals surface area contributed by atoms with Crippen molar-refractivity contribution in [1.82, 2.24) is 9.38 Å². The number of hydrogen-bond donors (Lipinski definition) is 2. The maximum Gasteiger partial charge on any atom is 0.180 e. The van der Waals surface area contributed by atoms with Gasteiger partial charge in [-0.3, -0.25) is 8.61 Å². The number of rotatable bonds is 11. The molecule has 6 aromatic rings. The highest BCUT2D eigenvalue weighted by Gasteiger charge is 2.20. The lowest BCUT2D eigenvalue weighted by molar-refractivity contribution is 0.480. The molecule has 0 saturated carbocycles. The molecule has 2 aromatic heterocycles. The number of alkyl halides is 1. The summed E-state index contributed by atoms with van der Waals surface area (Å²) in [6.07, 6.45) is 4.29. The number of benzene rings is 4. The summed E-state index contributed by atoms with van der Waals surface area (Å²) in [5.41, 5.74) is 17.6. The van der Waals surface area contributed by atoms with Crippen molar-refractivity contribution in [2.45, 2.75) is 81.2 Å². The van der Waals surface area contributed by atoms with E-state index in [1.807, 2.05) is 98.1 Å². The minimum Gasteiger partial charge on any atom is -0.457 e. The molecule has 0 saturated heterocycles. The Kier molecular flexibility index (Phi) is 16.4. The smallest absolute Gasteiger partial charge is 0.180 e. The van der Waals surface area contributed by atoms with Crippen LogP contribution in [0.1, 0.15) is 72.1 Å². The molecule has 58 heavy (non-hydrogen) atoms. The number of hydrogen-bond acceptors (Lipinski definition) is 8. The minimum atomic E-state index is -3.35. The molecule has 0 fully saturated rings. The van der Waals surface area contributed by atoms with Gasteiger partial charge in [0.05, 0.1) is 32.3 Å². The van der Waals surface area contributed by atoms with Crippen LogP contribution >= 0.6 is 23.2 Å². The van der Waals surface area contributed by atoms with Gasteiger partial charge in [0.25, 0.3) is 0 Å². The summed E-state index contributed by atoms with van der Waals surface area (Å²) in [5.74, 6) is 2.60. The molecular weight excluding hydrogens is 812 g/mol. The van der Waals surface area contributed by atoms with E-state index in [9.17, 15) is 12.6 Å². The number of nitrogens with zero attached hydrogens (tertiary/aromatic N) is 2. The Labute approximate surface area is 355 Å². The van der Waals surface area contributed by atoms with Gasteiger partial charge in [0.2, 0.25) is 0 Å². The third kappa shape index (κ3) is 12.1. The SMILES string of the molecule is CC(C)Cl.CC(C)c1nc2c(Cl)cccn2c1-c1cccc(Oc2cccc(S(C)=O)c2)c1.CC/C(N)=C(/N)c1cccc(Oc2cccc(S(=O)(=O)C(C)C)c2)c1. The van der Waals surface area contributed by atoms with Gasteiger partial charge in [-0.1, -0.05) is 68.8 Å². The molecule has 0 spiro atoms. The fourth-order valence-corrected chi connectivity index (χ4v) is 7.38. The average molecular weight is 864 g/mol. The predicted octanol–water partition coefficient (Wildman–Crippen LogP) is 11.6. The molecule has 0 aliphatic carbocycles.